The van der Waals surface area contributed by atoms with Crippen LogP contribution in [0.2, 0.25) is 5.02 Å². The van der Waals surface area contributed by atoms with Gasteiger partial charge in [0.25, 0.3) is 5.56 Å². The number of rotatable bonds is 4. The Balaban J connectivity index is 1.91. The van der Waals surface area contributed by atoms with Gasteiger partial charge in [0.05, 0.1) is 19.2 Å². The van der Waals surface area contributed by atoms with Gasteiger partial charge < -0.3 is 20.4 Å². The molecular formula is C18H19ClN6O3. The van der Waals surface area contributed by atoms with Crippen molar-refractivity contribution in [2.45, 2.75) is 12.6 Å². The van der Waals surface area contributed by atoms with Crippen molar-refractivity contribution in [3.8, 4) is 0 Å². The van der Waals surface area contributed by atoms with Gasteiger partial charge >= 0.3 is 5.69 Å². The van der Waals surface area contributed by atoms with Crippen molar-refractivity contribution in [2.24, 2.45) is 19.8 Å². The summed E-state index contributed by atoms with van der Waals surface area (Å²) in [5.74, 6) is 0.333. The highest BCUT2D eigenvalue weighted by atomic mass is 35.5. The van der Waals surface area contributed by atoms with Gasteiger partial charge in [-0.05, 0) is 18.2 Å². The number of hydrogen-bond acceptors (Lipinski definition) is 5. The van der Waals surface area contributed by atoms with Gasteiger partial charge in [-0.3, -0.25) is 13.9 Å². The Bertz CT molecular complexity index is 1330. The highest BCUT2D eigenvalue weighted by molar-refractivity contribution is 6.35. The molecule has 0 saturated carbocycles. The number of H-pyrrole nitrogens is 1. The minimum atomic E-state index is -0.754. The maximum Gasteiger partial charge on any atom is 0.332 e. The van der Waals surface area contributed by atoms with E-state index in [9.17, 15) is 14.7 Å². The molecule has 0 bridgehead atoms. The monoisotopic (exact) mass is 402 g/mol. The second kappa shape index (κ2) is 6.62. The maximum atomic E-state index is 13.1. The molecule has 10 heteroatoms. The predicted octanol–water partition coefficient (Wildman–Crippen LogP) is 0.609. The average Bonchev–Trinajstić information content (AvgIpc) is 3.25. The number of aliphatic hydroxyl groups is 1. The Morgan fingerprint density at radius 1 is 1.29 bits per heavy atom. The van der Waals surface area contributed by atoms with Crippen LogP contribution in [0.15, 0.2) is 33.9 Å². The van der Waals surface area contributed by atoms with Crippen LogP contribution < -0.4 is 17.0 Å². The topological polar surface area (TPSA) is 124 Å². The zero-order valence-corrected chi connectivity index (χ0v) is 16.1. The van der Waals surface area contributed by atoms with Gasteiger partial charge in [0, 0.05) is 35.7 Å². The number of aromatic amines is 1. The number of aryl methyl sites for hydroxylation is 2. The molecule has 0 aliphatic heterocycles. The zero-order chi connectivity index (χ0) is 20.2. The number of hydrogen-bond donors (Lipinski definition) is 3. The van der Waals surface area contributed by atoms with Crippen molar-refractivity contribution in [2.75, 3.05) is 6.61 Å². The van der Waals surface area contributed by atoms with Crippen molar-refractivity contribution in [1.29, 1.82) is 0 Å². The van der Waals surface area contributed by atoms with E-state index in [1.165, 1.54) is 9.13 Å². The van der Waals surface area contributed by atoms with Gasteiger partial charge in [0.2, 0.25) is 0 Å². The molecule has 9 nitrogen and oxygen atoms in total. The minimum Gasteiger partial charge on any atom is -0.394 e. The molecule has 3 heterocycles. The van der Waals surface area contributed by atoms with Crippen LogP contribution in [0, 0.1) is 0 Å². The number of benzene rings is 1. The van der Waals surface area contributed by atoms with Gasteiger partial charge in [0.15, 0.2) is 11.2 Å². The van der Waals surface area contributed by atoms with Crippen molar-refractivity contribution >= 4 is 33.7 Å². The van der Waals surface area contributed by atoms with Crippen molar-refractivity contribution in [3.63, 3.8) is 0 Å². The van der Waals surface area contributed by atoms with E-state index in [0.717, 1.165) is 15.5 Å². The van der Waals surface area contributed by atoms with Crippen LogP contribution in [0.3, 0.4) is 0 Å². The second-order valence-corrected chi connectivity index (χ2v) is 7.13. The SMILES string of the molecule is Cn1c(C(N)CO)nc2c1c(=O)n(Cc1cc3c(Cl)cccc3[nH]1)c(=O)n2C. The summed E-state index contributed by atoms with van der Waals surface area (Å²) in [5, 5.41) is 10.7. The third-order valence-corrected chi connectivity index (χ3v) is 5.25. The minimum absolute atomic E-state index is 0.0546. The maximum absolute atomic E-state index is 13.1. The molecule has 1 atom stereocenters. The first-order valence-electron chi connectivity index (χ1n) is 8.62. The molecule has 0 radical (unpaired) electrons. The van der Waals surface area contributed by atoms with Crippen molar-refractivity contribution < 1.29 is 5.11 Å². The smallest absolute Gasteiger partial charge is 0.332 e. The third kappa shape index (κ3) is 2.67. The molecule has 4 aromatic rings. The molecule has 0 saturated heterocycles. The molecule has 1 aromatic carbocycles. The lowest BCUT2D eigenvalue weighted by Gasteiger charge is -2.08. The molecular weight excluding hydrogens is 384 g/mol. The van der Waals surface area contributed by atoms with Crippen LogP contribution >= 0.6 is 11.6 Å². The normalized spacial score (nSPS) is 12.9. The summed E-state index contributed by atoms with van der Waals surface area (Å²) in [6.45, 7) is -0.270. The van der Waals surface area contributed by atoms with E-state index in [1.54, 1.807) is 20.2 Å². The molecule has 1 unspecified atom stereocenters. The van der Waals surface area contributed by atoms with E-state index in [4.69, 9.17) is 17.3 Å². The molecule has 0 fully saturated rings. The molecule has 146 valence electrons. The second-order valence-electron chi connectivity index (χ2n) is 6.72. The Morgan fingerprint density at radius 2 is 2.04 bits per heavy atom. The van der Waals surface area contributed by atoms with Gasteiger partial charge in [-0.15, -0.1) is 0 Å². The first-order chi connectivity index (χ1) is 13.3. The molecule has 28 heavy (non-hydrogen) atoms. The molecule has 0 spiro atoms. The lowest BCUT2D eigenvalue weighted by atomic mass is 10.2. The average molecular weight is 403 g/mol. The number of imidazole rings is 1. The quantitative estimate of drug-likeness (QED) is 0.461. The molecule has 4 rings (SSSR count). The number of fused-ring (bicyclic) bond motifs is 2. The summed E-state index contributed by atoms with van der Waals surface area (Å²) in [5.41, 5.74) is 6.87. The molecule has 4 N–H and O–H groups in total. The number of nitrogens with one attached hydrogen (secondary N) is 1. The van der Waals surface area contributed by atoms with Gasteiger partial charge in [-0.2, -0.15) is 0 Å². The van der Waals surface area contributed by atoms with E-state index in [-0.39, 0.29) is 24.3 Å². The number of halogens is 1. The summed E-state index contributed by atoms with van der Waals surface area (Å²) in [7, 11) is 3.18. The lowest BCUT2D eigenvalue weighted by Crippen LogP contribution is -2.39. The molecule has 0 amide bonds. The Labute approximate surface area is 163 Å². The van der Waals surface area contributed by atoms with Crippen LogP contribution in [0.1, 0.15) is 17.6 Å². The Kier molecular flexibility index (Phi) is 4.37. The Morgan fingerprint density at radius 3 is 2.71 bits per heavy atom. The van der Waals surface area contributed by atoms with Crippen LogP contribution in [-0.4, -0.2) is 35.4 Å². The Hall–Kier alpha value is -2.88. The summed E-state index contributed by atoms with van der Waals surface area (Å²) in [4.78, 5) is 33.4. The van der Waals surface area contributed by atoms with Crippen LogP contribution in [0.5, 0.6) is 0 Å². The summed E-state index contributed by atoms with van der Waals surface area (Å²) in [6, 6.07) is 6.54. The van der Waals surface area contributed by atoms with Crippen LogP contribution in [0.25, 0.3) is 22.1 Å². The van der Waals surface area contributed by atoms with Crippen LogP contribution in [-0.2, 0) is 20.6 Å². The summed E-state index contributed by atoms with van der Waals surface area (Å²) in [6.07, 6.45) is 0. The van der Waals surface area contributed by atoms with E-state index >= 15 is 0 Å². The van der Waals surface area contributed by atoms with E-state index < -0.39 is 17.3 Å². The zero-order valence-electron chi connectivity index (χ0n) is 15.3. The first-order valence-corrected chi connectivity index (χ1v) is 9.00. The summed E-state index contributed by atoms with van der Waals surface area (Å²) < 4.78 is 3.97. The van der Waals surface area contributed by atoms with Crippen molar-refractivity contribution in [1.82, 2.24) is 23.7 Å². The number of nitrogens with two attached hydrogens (primary N) is 1. The lowest BCUT2D eigenvalue weighted by molar-refractivity contribution is 0.262. The van der Waals surface area contributed by atoms with E-state index in [0.29, 0.717) is 16.5 Å². The molecule has 0 aliphatic rings. The number of nitrogens with zero attached hydrogens (tertiary/aromatic N) is 4. The first kappa shape index (κ1) is 18.5. The summed E-state index contributed by atoms with van der Waals surface area (Å²) >= 11 is 6.21. The number of aliphatic hydroxyl groups excluding tert-OH is 1. The van der Waals surface area contributed by atoms with Gasteiger partial charge in [-0.1, -0.05) is 17.7 Å². The molecule has 0 aliphatic carbocycles. The molecule has 3 aromatic heterocycles. The third-order valence-electron chi connectivity index (χ3n) is 4.92. The fourth-order valence-corrected chi connectivity index (χ4v) is 3.67. The predicted molar refractivity (Wildman–Crippen MR) is 107 cm³/mol. The fraction of sp³-hybridized carbons (Fsp3) is 0.278. The standard InChI is InChI=1S/C18H19ClN6O3/c1-23-14-16(22-15(23)12(20)8-26)24(2)18(28)25(17(14)27)7-9-6-10-11(19)4-3-5-13(10)21-9/h3-6,12,21,26H,7-8,20H2,1-2H3. The van der Waals surface area contributed by atoms with Gasteiger partial charge in [-0.25, -0.2) is 9.78 Å². The van der Waals surface area contributed by atoms with E-state index in [1.807, 2.05) is 18.2 Å². The highest BCUT2D eigenvalue weighted by Crippen LogP contribution is 2.24. The van der Waals surface area contributed by atoms with E-state index in [2.05, 4.69) is 9.97 Å². The fourth-order valence-electron chi connectivity index (χ4n) is 3.44. The number of aromatic nitrogens is 5. The van der Waals surface area contributed by atoms with Crippen LogP contribution in [0.4, 0.5) is 0 Å². The van der Waals surface area contributed by atoms with Gasteiger partial charge in [0.1, 0.15) is 5.82 Å². The largest absolute Gasteiger partial charge is 0.394 e. The van der Waals surface area contributed by atoms with Crippen molar-refractivity contribution in [3.05, 3.63) is 61.6 Å². The highest BCUT2D eigenvalue weighted by Gasteiger charge is 2.21.